The van der Waals surface area contributed by atoms with E-state index in [-0.39, 0.29) is 5.78 Å². The number of Topliss-reactive ketones (excluding diaryl/α,β-unsaturated/α-hetero) is 1. The highest BCUT2D eigenvalue weighted by molar-refractivity contribution is 6.13. The fourth-order valence-electron chi connectivity index (χ4n) is 4.16. The van der Waals surface area contributed by atoms with Crippen molar-refractivity contribution in [3.05, 3.63) is 107 Å². The lowest BCUT2D eigenvalue weighted by atomic mass is 10.0. The highest BCUT2D eigenvalue weighted by Gasteiger charge is 2.33. The van der Waals surface area contributed by atoms with E-state index in [1.165, 1.54) is 0 Å². The van der Waals surface area contributed by atoms with E-state index in [1.807, 2.05) is 66.7 Å². The molecular formula is C28H25NO4. The van der Waals surface area contributed by atoms with Crippen molar-refractivity contribution < 1.29 is 19.0 Å². The van der Waals surface area contributed by atoms with Crippen molar-refractivity contribution in [1.29, 1.82) is 0 Å². The van der Waals surface area contributed by atoms with Crippen LogP contribution in [0.15, 0.2) is 84.6 Å². The molecule has 0 atom stereocenters. The van der Waals surface area contributed by atoms with Gasteiger partial charge in [0.2, 0.25) is 5.78 Å². The summed E-state index contributed by atoms with van der Waals surface area (Å²) in [6, 6.07) is 21.7. The second kappa shape index (κ2) is 9.35. The summed E-state index contributed by atoms with van der Waals surface area (Å²) in [5, 5.41) is 0. The van der Waals surface area contributed by atoms with Gasteiger partial charge in [0.25, 0.3) is 0 Å². The van der Waals surface area contributed by atoms with E-state index < -0.39 is 0 Å². The van der Waals surface area contributed by atoms with Gasteiger partial charge in [-0.2, -0.15) is 0 Å². The molecule has 3 aromatic carbocycles. The Kier molecular flexibility index (Phi) is 5.96. The minimum atomic E-state index is -0.100. The van der Waals surface area contributed by atoms with Crippen LogP contribution in [0.25, 0.3) is 6.08 Å². The molecule has 0 radical (unpaired) electrons. The molecule has 0 amide bonds. The zero-order valence-corrected chi connectivity index (χ0v) is 18.5. The van der Waals surface area contributed by atoms with E-state index in [1.54, 1.807) is 19.3 Å². The molecule has 5 rings (SSSR count). The van der Waals surface area contributed by atoms with Gasteiger partial charge in [0, 0.05) is 13.1 Å². The smallest absolute Gasteiger partial charge is 0.231 e. The molecule has 0 unspecified atom stereocenters. The van der Waals surface area contributed by atoms with Gasteiger partial charge in [-0.3, -0.25) is 9.69 Å². The Hall–Kier alpha value is -3.83. The molecule has 166 valence electrons. The maximum absolute atomic E-state index is 12.9. The number of para-hydroxylation sites is 1. The second-order valence-electron chi connectivity index (χ2n) is 8.04. The molecule has 0 bridgehead atoms. The normalized spacial score (nSPS) is 16.4. The molecule has 33 heavy (non-hydrogen) atoms. The molecule has 0 N–H and O–H groups in total. The number of benzene rings is 3. The number of nitrogens with zero attached hydrogens (tertiary/aromatic N) is 1. The lowest BCUT2D eigenvalue weighted by molar-refractivity contribution is 0.0948. The van der Waals surface area contributed by atoms with Gasteiger partial charge in [-0.15, -0.1) is 0 Å². The average Bonchev–Trinajstić information content (AvgIpc) is 3.19. The molecule has 0 saturated heterocycles. The number of carbonyl (C=O) groups is 1. The van der Waals surface area contributed by atoms with E-state index in [9.17, 15) is 4.79 Å². The fraction of sp³-hybridized carbons (Fsp3) is 0.179. The third kappa shape index (κ3) is 4.41. The first-order valence-corrected chi connectivity index (χ1v) is 11.0. The Labute approximate surface area is 193 Å². The van der Waals surface area contributed by atoms with Crippen molar-refractivity contribution in [2.75, 3.05) is 20.4 Å². The summed E-state index contributed by atoms with van der Waals surface area (Å²) >= 11 is 0. The quantitative estimate of drug-likeness (QED) is 0.490. The third-order valence-corrected chi connectivity index (χ3v) is 5.91. The Balaban J connectivity index is 1.31. The van der Waals surface area contributed by atoms with Crippen LogP contribution < -0.4 is 14.2 Å². The summed E-state index contributed by atoms with van der Waals surface area (Å²) in [7, 11) is 1.69. The van der Waals surface area contributed by atoms with Gasteiger partial charge in [0.1, 0.15) is 24.0 Å². The molecule has 2 aliphatic rings. The molecule has 3 aromatic rings. The Morgan fingerprint density at radius 2 is 1.85 bits per heavy atom. The molecule has 0 saturated carbocycles. The van der Waals surface area contributed by atoms with E-state index in [4.69, 9.17) is 14.2 Å². The van der Waals surface area contributed by atoms with Gasteiger partial charge >= 0.3 is 0 Å². The first kappa shape index (κ1) is 21.0. The zero-order valence-electron chi connectivity index (χ0n) is 18.5. The molecule has 5 heteroatoms. The standard InChI is InChI=1S/C28H25NO4/c1-31-24-12-6-5-11-21(24)16-17-29-18-23-25(32-19-29)15-14-22-27(30)26(33-28(22)23)13-7-10-20-8-3-2-4-9-20/h2-15H,16-19H2,1H3/b10-7+,26-13+. The van der Waals surface area contributed by atoms with Crippen LogP contribution in [0.4, 0.5) is 0 Å². The summed E-state index contributed by atoms with van der Waals surface area (Å²) in [4.78, 5) is 15.1. The van der Waals surface area contributed by atoms with Crippen LogP contribution >= 0.6 is 0 Å². The number of rotatable bonds is 6. The number of ether oxygens (including phenoxy) is 3. The van der Waals surface area contributed by atoms with E-state index in [0.29, 0.717) is 30.3 Å². The largest absolute Gasteiger partial charge is 0.496 e. The zero-order chi connectivity index (χ0) is 22.6. The Bertz CT molecular complexity index is 1230. The first-order chi connectivity index (χ1) is 16.2. The number of hydrogen-bond donors (Lipinski definition) is 0. The van der Waals surface area contributed by atoms with Crippen molar-refractivity contribution in [3.63, 3.8) is 0 Å². The molecule has 2 heterocycles. The number of methoxy groups -OCH3 is 1. The maximum Gasteiger partial charge on any atom is 0.231 e. The molecular weight excluding hydrogens is 414 g/mol. The minimum absolute atomic E-state index is 0.100. The number of fused-ring (bicyclic) bond motifs is 3. The molecule has 5 nitrogen and oxygen atoms in total. The van der Waals surface area contributed by atoms with Crippen molar-refractivity contribution >= 4 is 11.9 Å². The minimum Gasteiger partial charge on any atom is -0.496 e. The van der Waals surface area contributed by atoms with Gasteiger partial charge in [0.05, 0.1) is 18.2 Å². The van der Waals surface area contributed by atoms with Gasteiger partial charge in [-0.25, -0.2) is 0 Å². The van der Waals surface area contributed by atoms with E-state index >= 15 is 0 Å². The van der Waals surface area contributed by atoms with Crippen LogP contribution in [0.1, 0.15) is 27.0 Å². The maximum atomic E-state index is 12.9. The lowest BCUT2D eigenvalue weighted by Gasteiger charge is -2.29. The Morgan fingerprint density at radius 3 is 2.70 bits per heavy atom. The molecule has 0 spiro atoms. The van der Waals surface area contributed by atoms with Gasteiger partial charge in [0.15, 0.2) is 5.76 Å². The topological polar surface area (TPSA) is 48.0 Å². The van der Waals surface area contributed by atoms with Crippen molar-refractivity contribution in [3.8, 4) is 17.2 Å². The van der Waals surface area contributed by atoms with Crippen LogP contribution in [0.2, 0.25) is 0 Å². The third-order valence-electron chi connectivity index (χ3n) is 5.91. The van der Waals surface area contributed by atoms with Crippen LogP contribution in [0.5, 0.6) is 17.2 Å². The molecule has 0 fully saturated rings. The summed E-state index contributed by atoms with van der Waals surface area (Å²) in [5.74, 6) is 2.51. The predicted octanol–water partition coefficient (Wildman–Crippen LogP) is 5.26. The fourth-order valence-corrected chi connectivity index (χ4v) is 4.16. The predicted molar refractivity (Wildman–Crippen MR) is 128 cm³/mol. The highest BCUT2D eigenvalue weighted by atomic mass is 16.5. The van der Waals surface area contributed by atoms with E-state index in [0.717, 1.165) is 41.2 Å². The summed E-state index contributed by atoms with van der Waals surface area (Å²) in [6.07, 6.45) is 6.36. The molecule has 0 aliphatic carbocycles. The second-order valence-corrected chi connectivity index (χ2v) is 8.04. The Morgan fingerprint density at radius 1 is 1.03 bits per heavy atom. The molecule has 0 aromatic heterocycles. The monoisotopic (exact) mass is 439 g/mol. The summed E-state index contributed by atoms with van der Waals surface area (Å²) < 4.78 is 17.5. The van der Waals surface area contributed by atoms with Crippen molar-refractivity contribution in [1.82, 2.24) is 4.90 Å². The van der Waals surface area contributed by atoms with Crippen LogP contribution in [0.3, 0.4) is 0 Å². The lowest BCUT2D eigenvalue weighted by Crippen LogP contribution is -2.33. The van der Waals surface area contributed by atoms with Gasteiger partial charge in [-0.05, 0) is 41.8 Å². The van der Waals surface area contributed by atoms with Crippen LogP contribution in [0, 0.1) is 0 Å². The number of ketones is 1. The van der Waals surface area contributed by atoms with Crippen molar-refractivity contribution in [2.45, 2.75) is 13.0 Å². The van der Waals surface area contributed by atoms with Crippen LogP contribution in [-0.4, -0.2) is 31.1 Å². The van der Waals surface area contributed by atoms with Crippen LogP contribution in [-0.2, 0) is 13.0 Å². The summed E-state index contributed by atoms with van der Waals surface area (Å²) in [5.41, 5.74) is 3.73. The highest BCUT2D eigenvalue weighted by Crippen LogP contribution is 2.41. The van der Waals surface area contributed by atoms with Crippen molar-refractivity contribution in [2.24, 2.45) is 0 Å². The van der Waals surface area contributed by atoms with Gasteiger partial charge in [-0.1, -0.05) is 60.7 Å². The number of carbonyl (C=O) groups excluding carboxylic acids is 1. The number of hydrogen-bond acceptors (Lipinski definition) is 5. The average molecular weight is 440 g/mol. The first-order valence-electron chi connectivity index (χ1n) is 11.0. The van der Waals surface area contributed by atoms with Gasteiger partial charge < -0.3 is 14.2 Å². The summed E-state index contributed by atoms with van der Waals surface area (Å²) in [6.45, 7) is 1.96. The molecule has 2 aliphatic heterocycles. The number of allylic oxidation sites excluding steroid dienone is 3. The van der Waals surface area contributed by atoms with E-state index in [2.05, 4.69) is 11.0 Å². The SMILES string of the molecule is COc1ccccc1CCN1COc2ccc3c(c2C1)O/C(=C/C=C/c1ccccc1)C3=O.